The fourth-order valence-electron chi connectivity index (χ4n) is 5.93. The van der Waals surface area contributed by atoms with Crippen LogP contribution >= 0.6 is 0 Å². The van der Waals surface area contributed by atoms with E-state index in [1.54, 1.807) is 6.92 Å². The van der Waals surface area contributed by atoms with Gasteiger partial charge in [0.25, 0.3) is 0 Å². The average molecular weight is 572 g/mol. The highest BCUT2D eigenvalue weighted by molar-refractivity contribution is 6.31. The minimum Gasteiger partial charge on any atom is -0.507 e. The van der Waals surface area contributed by atoms with Crippen LogP contribution in [-0.2, 0) is 25.4 Å². The van der Waals surface area contributed by atoms with E-state index in [2.05, 4.69) is 0 Å². The molecule has 0 saturated carbocycles. The van der Waals surface area contributed by atoms with Crippen molar-refractivity contribution in [3.05, 3.63) is 51.6 Å². The molecule has 2 aromatic carbocycles. The number of phenols is 2. The first-order valence-electron chi connectivity index (χ1n) is 13.2. The molecule has 5 unspecified atom stereocenters. The Morgan fingerprint density at radius 1 is 1.12 bits per heavy atom. The van der Waals surface area contributed by atoms with Gasteiger partial charge in [0, 0.05) is 42.0 Å². The van der Waals surface area contributed by atoms with E-state index >= 15 is 0 Å². The van der Waals surface area contributed by atoms with Crippen LogP contribution in [0, 0.1) is 0 Å². The number of benzene rings is 2. The number of aliphatic hydroxyl groups excluding tert-OH is 2. The number of nitrogens with two attached hydrogens (primary N) is 1. The van der Waals surface area contributed by atoms with Crippen molar-refractivity contribution < 1.29 is 58.9 Å². The summed E-state index contributed by atoms with van der Waals surface area (Å²) in [5.41, 5.74) is 2.29. The van der Waals surface area contributed by atoms with Gasteiger partial charge < -0.3 is 50.2 Å². The monoisotopic (exact) mass is 571 g/mol. The third-order valence-corrected chi connectivity index (χ3v) is 8.15. The van der Waals surface area contributed by atoms with E-state index in [0.717, 1.165) is 0 Å². The lowest BCUT2D eigenvalue weighted by Crippen LogP contribution is -2.53. The number of hydrogen-bond donors (Lipinski definition) is 6. The van der Waals surface area contributed by atoms with Crippen LogP contribution in [0.2, 0.25) is 0 Å². The van der Waals surface area contributed by atoms with Gasteiger partial charge in [-0.05, 0) is 13.0 Å². The Morgan fingerprint density at radius 2 is 1.83 bits per heavy atom. The van der Waals surface area contributed by atoms with E-state index in [0.29, 0.717) is 6.61 Å². The Labute approximate surface area is 233 Å². The Morgan fingerprint density at radius 3 is 2.49 bits per heavy atom. The number of ether oxygens (including phenoxy) is 4. The van der Waals surface area contributed by atoms with Crippen molar-refractivity contribution in [2.75, 3.05) is 13.2 Å². The number of fused-ring (bicyclic) bond motifs is 3. The molecule has 13 heteroatoms. The second-order valence-corrected chi connectivity index (χ2v) is 10.8. The van der Waals surface area contributed by atoms with E-state index in [9.17, 15) is 39.9 Å². The lowest BCUT2D eigenvalue weighted by atomic mass is 9.72. The molecule has 2 saturated heterocycles. The molecule has 218 valence electrons. The highest BCUT2D eigenvalue weighted by Gasteiger charge is 2.50. The van der Waals surface area contributed by atoms with Gasteiger partial charge in [0.2, 0.25) is 12.1 Å². The van der Waals surface area contributed by atoms with Crippen LogP contribution in [0.3, 0.4) is 0 Å². The Balaban J connectivity index is 1.49. The number of ketones is 3. The number of carbonyl (C=O) groups is 3. The summed E-state index contributed by atoms with van der Waals surface area (Å²) in [6.45, 7) is 0.857. The zero-order valence-electron chi connectivity index (χ0n) is 21.9. The molecule has 0 spiro atoms. The number of Topliss-reactive ketones (excluding diaryl/α,β-unsaturated/α-hetero) is 1. The van der Waals surface area contributed by atoms with Gasteiger partial charge in [-0.3, -0.25) is 14.4 Å². The van der Waals surface area contributed by atoms with Crippen molar-refractivity contribution in [3.8, 4) is 17.2 Å². The number of hydrogen-bond acceptors (Lipinski definition) is 13. The zero-order chi connectivity index (χ0) is 29.4. The highest BCUT2D eigenvalue weighted by atomic mass is 16.8. The van der Waals surface area contributed by atoms with E-state index < -0.39 is 102 Å². The Hall–Kier alpha value is -3.43. The molecule has 0 amide bonds. The van der Waals surface area contributed by atoms with Crippen molar-refractivity contribution in [3.63, 3.8) is 0 Å². The number of aromatic hydroxyl groups is 2. The molecule has 7 atom stereocenters. The summed E-state index contributed by atoms with van der Waals surface area (Å²) >= 11 is 0. The molecule has 13 nitrogen and oxygen atoms in total. The van der Waals surface area contributed by atoms with E-state index in [-0.39, 0.29) is 34.4 Å². The molecular weight excluding hydrogens is 542 g/mol. The van der Waals surface area contributed by atoms with Crippen molar-refractivity contribution in [1.82, 2.24) is 0 Å². The number of carbonyl (C=O) groups excluding carboxylic acids is 3. The molecular formula is C28H29NO12. The van der Waals surface area contributed by atoms with Gasteiger partial charge in [-0.15, -0.1) is 0 Å². The molecule has 2 aliphatic carbocycles. The van der Waals surface area contributed by atoms with Crippen LogP contribution in [0.1, 0.15) is 68.8 Å². The van der Waals surface area contributed by atoms with Gasteiger partial charge in [0.05, 0.1) is 35.0 Å². The van der Waals surface area contributed by atoms with Crippen LogP contribution in [0.5, 0.6) is 17.2 Å². The standard InChI is InChI=1S/C28H29NO12/c1-10-23(32)13(29)5-17(39-10)41-15-7-28(37,16(31)8-30)6-12-20(15)27(36)22-21(25(12)34)24(33)11-3-2-4-14(19(11)26(22)35)40-18-9-38-18/h2-4,10,13,15,17-18,23,30,32,34,36-37H,5-9,29H2,1H3/t10?,13?,15-,17?,18?,23?,28-/m0/s1. The summed E-state index contributed by atoms with van der Waals surface area (Å²) in [5, 5.41) is 54.0. The SMILES string of the molecule is CC1OC(O[C@H]2C[C@](O)(C(=O)CO)Cc3c(O)c4c(c(O)c32)C(=O)c2c(OC3CO3)cccc2C4=O)CC(N)C1O. The highest BCUT2D eigenvalue weighted by Crippen LogP contribution is 2.52. The van der Waals surface area contributed by atoms with Gasteiger partial charge in [-0.25, -0.2) is 0 Å². The predicted molar refractivity (Wildman–Crippen MR) is 136 cm³/mol. The number of phenolic OH excluding ortho intramolecular Hbond substituents is 2. The van der Waals surface area contributed by atoms with Crippen LogP contribution < -0.4 is 10.5 Å². The summed E-state index contributed by atoms with van der Waals surface area (Å²) < 4.78 is 22.5. The maximum Gasteiger partial charge on any atom is 0.223 e. The lowest BCUT2D eigenvalue weighted by Gasteiger charge is -2.42. The molecule has 7 N–H and O–H groups in total. The minimum absolute atomic E-state index is 0.0100. The Bertz CT molecular complexity index is 1460. The molecule has 2 heterocycles. The van der Waals surface area contributed by atoms with E-state index in [1.807, 2.05) is 0 Å². The maximum atomic E-state index is 13.8. The summed E-state index contributed by atoms with van der Waals surface area (Å²) in [5.74, 6) is -3.87. The van der Waals surface area contributed by atoms with Gasteiger partial charge >= 0.3 is 0 Å². The second kappa shape index (κ2) is 9.84. The number of aliphatic hydroxyl groups is 3. The third kappa shape index (κ3) is 4.41. The third-order valence-electron chi connectivity index (χ3n) is 8.15. The molecule has 2 fully saturated rings. The first kappa shape index (κ1) is 27.7. The van der Waals surface area contributed by atoms with Crippen LogP contribution in [0.15, 0.2) is 18.2 Å². The van der Waals surface area contributed by atoms with Crippen LogP contribution in [-0.4, -0.2) is 92.5 Å². The lowest BCUT2D eigenvalue weighted by molar-refractivity contribution is -0.247. The second-order valence-electron chi connectivity index (χ2n) is 10.8. The first-order valence-corrected chi connectivity index (χ1v) is 13.2. The fraction of sp³-hybridized carbons (Fsp3) is 0.464. The summed E-state index contributed by atoms with van der Waals surface area (Å²) in [7, 11) is 0. The normalized spacial score (nSPS) is 32.1. The molecule has 0 radical (unpaired) electrons. The topological polar surface area (TPSA) is 219 Å². The van der Waals surface area contributed by atoms with Gasteiger partial charge in [-0.1, -0.05) is 12.1 Å². The Kier molecular flexibility index (Phi) is 6.65. The van der Waals surface area contributed by atoms with Crippen molar-refractivity contribution >= 4 is 17.3 Å². The van der Waals surface area contributed by atoms with Crippen LogP contribution in [0.25, 0.3) is 0 Å². The predicted octanol–water partition coefficient (Wildman–Crippen LogP) is -0.272. The van der Waals surface area contributed by atoms with Gasteiger partial charge in [0.15, 0.2) is 17.9 Å². The summed E-state index contributed by atoms with van der Waals surface area (Å²) in [4.78, 5) is 40.1. The van der Waals surface area contributed by atoms with E-state index in [4.69, 9.17) is 24.7 Å². The molecule has 2 aliphatic heterocycles. The van der Waals surface area contributed by atoms with Gasteiger partial charge in [0.1, 0.15) is 36.1 Å². The maximum absolute atomic E-state index is 13.8. The average Bonchev–Trinajstić information content (AvgIpc) is 3.75. The smallest absolute Gasteiger partial charge is 0.223 e. The molecule has 4 aliphatic rings. The molecule has 2 aromatic rings. The van der Waals surface area contributed by atoms with E-state index in [1.165, 1.54) is 18.2 Å². The quantitative estimate of drug-likeness (QED) is 0.166. The van der Waals surface area contributed by atoms with Gasteiger partial charge in [-0.2, -0.15) is 0 Å². The van der Waals surface area contributed by atoms with Crippen molar-refractivity contribution in [2.45, 2.75) is 68.7 Å². The summed E-state index contributed by atoms with van der Waals surface area (Å²) in [6.07, 6.45) is -5.78. The first-order chi connectivity index (χ1) is 19.4. The summed E-state index contributed by atoms with van der Waals surface area (Å²) in [6, 6.07) is 3.63. The number of rotatable bonds is 6. The minimum atomic E-state index is -2.25. The fourth-order valence-corrected chi connectivity index (χ4v) is 5.93. The zero-order valence-corrected chi connectivity index (χ0v) is 21.9. The molecule has 0 aromatic heterocycles. The van der Waals surface area contributed by atoms with Crippen LogP contribution in [0.4, 0.5) is 0 Å². The molecule has 6 rings (SSSR count). The number of epoxide rings is 1. The van der Waals surface area contributed by atoms with Crippen molar-refractivity contribution in [1.29, 1.82) is 0 Å². The largest absolute Gasteiger partial charge is 0.507 e. The van der Waals surface area contributed by atoms with Crippen molar-refractivity contribution in [2.24, 2.45) is 5.73 Å². The molecule has 0 bridgehead atoms. The molecule has 41 heavy (non-hydrogen) atoms.